The van der Waals surface area contributed by atoms with Crippen molar-refractivity contribution in [3.63, 3.8) is 0 Å². The minimum Gasteiger partial charge on any atom is -0.394 e. The maximum atomic E-state index is 8.37. The maximum absolute atomic E-state index is 8.37. The fourth-order valence-corrected chi connectivity index (χ4v) is 0.493. The Balaban J connectivity index is 3.07. The van der Waals surface area contributed by atoms with E-state index in [1.54, 1.807) is 0 Å². The predicted molar refractivity (Wildman–Crippen MR) is 35.9 cm³/mol. The van der Waals surface area contributed by atoms with Crippen molar-refractivity contribution in [2.75, 3.05) is 13.2 Å². The molecule has 3 nitrogen and oxygen atoms in total. The van der Waals surface area contributed by atoms with Crippen LogP contribution in [0.4, 0.5) is 0 Å². The summed E-state index contributed by atoms with van der Waals surface area (Å²) in [5.74, 6) is 0. The summed E-state index contributed by atoms with van der Waals surface area (Å²) in [6.07, 6.45) is -0.379. The second-order valence-corrected chi connectivity index (χ2v) is 1.67. The highest BCUT2D eigenvalue weighted by molar-refractivity contribution is 7.75. The molecule has 0 radical (unpaired) electrons. The Morgan fingerprint density at radius 2 is 2.12 bits per heavy atom. The van der Waals surface area contributed by atoms with Crippen LogP contribution in [0.2, 0.25) is 0 Å². The molecule has 0 saturated carbocycles. The molecule has 1 unspecified atom stereocenters. The molecule has 0 aromatic rings. The number of thiol groups is 2. The zero-order chi connectivity index (χ0) is 6.41. The van der Waals surface area contributed by atoms with E-state index in [4.69, 9.17) is 5.11 Å². The number of hydrogen-bond acceptors (Lipinski definition) is 5. The summed E-state index contributed by atoms with van der Waals surface area (Å²) in [6.45, 7) is 0.132. The lowest BCUT2D eigenvalue weighted by Gasteiger charge is -2.06. The molecule has 0 aliphatic heterocycles. The van der Waals surface area contributed by atoms with Gasteiger partial charge in [0.15, 0.2) is 0 Å². The van der Waals surface area contributed by atoms with E-state index in [2.05, 4.69) is 34.2 Å². The summed E-state index contributed by atoms with van der Waals surface area (Å²) < 4.78 is 8.76. The van der Waals surface area contributed by atoms with Crippen LogP contribution in [-0.2, 0) is 8.37 Å². The first-order chi connectivity index (χ1) is 3.85. The molecule has 0 fully saturated rings. The summed E-state index contributed by atoms with van der Waals surface area (Å²) in [5, 5.41) is 8.37. The first-order valence-corrected chi connectivity index (χ1v) is 2.75. The van der Waals surface area contributed by atoms with Crippen LogP contribution in [0.5, 0.6) is 0 Å². The van der Waals surface area contributed by atoms with Crippen molar-refractivity contribution in [2.45, 2.75) is 6.10 Å². The van der Waals surface area contributed by atoms with Crippen LogP contribution in [0, 0.1) is 0 Å². The highest BCUT2D eigenvalue weighted by Gasteiger charge is 2.03. The molecule has 0 aromatic carbocycles. The Kier molecular flexibility index (Phi) is 6.13. The molecule has 8 heavy (non-hydrogen) atoms. The third kappa shape index (κ3) is 3.57. The van der Waals surface area contributed by atoms with Crippen LogP contribution in [0.1, 0.15) is 0 Å². The van der Waals surface area contributed by atoms with Crippen molar-refractivity contribution in [3.8, 4) is 0 Å². The molecule has 0 rings (SSSR count). The Morgan fingerprint density at radius 1 is 1.50 bits per heavy atom. The van der Waals surface area contributed by atoms with Gasteiger partial charge in [-0.05, 0) is 25.8 Å². The van der Waals surface area contributed by atoms with Crippen molar-refractivity contribution in [1.82, 2.24) is 0 Å². The SMILES string of the molecule is OCC(COS)OS. The molecule has 0 aliphatic carbocycles. The smallest absolute Gasteiger partial charge is 0.119 e. The molecular formula is C3H8O3S2. The molecule has 0 saturated heterocycles. The molecule has 0 aromatic heterocycles. The quantitative estimate of drug-likeness (QED) is 0.398. The number of rotatable bonds is 4. The van der Waals surface area contributed by atoms with Crippen molar-refractivity contribution in [2.24, 2.45) is 0 Å². The van der Waals surface area contributed by atoms with Crippen molar-refractivity contribution >= 4 is 25.8 Å². The minimum absolute atomic E-state index is 0.107. The van der Waals surface area contributed by atoms with E-state index in [9.17, 15) is 0 Å². The van der Waals surface area contributed by atoms with E-state index in [1.165, 1.54) is 0 Å². The summed E-state index contributed by atoms with van der Waals surface area (Å²) >= 11 is 6.90. The fourth-order valence-electron chi connectivity index (χ4n) is 0.200. The van der Waals surface area contributed by atoms with Crippen LogP contribution in [0.15, 0.2) is 0 Å². The lowest BCUT2D eigenvalue weighted by Crippen LogP contribution is -2.18. The van der Waals surface area contributed by atoms with Gasteiger partial charge in [-0.1, -0.05) is 0 Å². The van der Waals surface area contributed by atoms with Crippen LogP contribution in [0.25, 0.3) is 0 Å². The molecule has 0 spiro atoms. The fraction of sp³-hybridized carbons (Fsp3) is 1.00. The van der Waals surface area contributed by atoms with E-state index in [0.29, 0.717) is 0 Å². The van der Waals surface area contributed by atoms with Crippen molar-refractivity contribution in [3.05, 3.63) is 0 Å². The largest absolute Gasteiger partial charge is 0.394 e. The first kappa shape index (κ1) is 8.58. The number of hydrogen-bond donors (Lipinski definition) is 3. The Morgan fingerprint density at radius 3 is 2.25 bits per heavy atom. The van der Waals surface area contributed by atoms with Gasteiger partial charge in [0.05, 0.1) is 13.2 Å². The third-order valence-electron chi connectivity index (χ3n) is 0.613. The van der Waals surface area contributed by atoms with Gasteiger partial charge in [0, 0.05) is 0 Å². The summed E-state index contributed by atoms with van der Waals surface area (Å²) in [6, 6.07) is 0. The van der Waals surface area contributed by atoms with Crippen LogP contribution in [-0.4, -0.2) is 24.4 Å². The van der Waals surface area contributed by atoms with Crippen LogP contribution < -0.4 is 0 Å². The molecule has 0 bridgehead atoms. The average Bonchev–Trinajstić information content (AvgIpc) is 1.83. The molecule has 50 valence electrons. The third-order valence-corrected chi connectivity index (χ3v) is 1.06. The summed E-state index contributed by atoms with van der Waals surface area (Å²) in [4.78, 5) is 0. The maximum Gasteiger partial charge on any atom is 0.119 e. The summed E-state index contributed by atoms with van der Waals surface area (Å²) in [5.41, 5.74) is 0. The number of aliphatic hydroxyl groups excluding tert-OH is 1. The molecule has 5 heteroatoms. The minimum atomic E-state index is -0.379. The lowest BCUT2D eigenvalue weighted by molar-refractivity contribution is 0.0995. The van der Waals surface area contributed by atoms with Gasteiger partial charge in [0.1, 0.15) is 6.10 Å². The predicted octanol–water partition coefficient (Wildman–Crippen LogP) is 0.0701. The first-order valence-electron chi connectivity index (χ1n) is 2.02. The lowest BCUT2D eigenvalue weighted by atomic mass is 10.4. The van der Waals surface area contributed by atoms with Crippen LogP contribution >= 0.6 is 25.8 Å². The molecule has 0 amide bonds. The monoisotopic (exact) mass is 156 g/mol. The van der Waals surface area contributed by atoms with E-state index in [-0.39, 0.29) is 19.3 Å². The van der Waals surface area contributed by atoms with Gasteiger partial charge >= 0.3 is 0 Å². The highest BCUT2D eigenvalue weighted by Crippen LogP contribution is 1.95. The molecule has 0 heterocycles. The molecule has 0 aliphatic rings. The van der Waals surface area contributed by atoms with Gasteiger partial charge in [-0.25, -0.2) is 0 Å². The Bertz CT molecular complexity index is 47.8. The average molecular weight is 156 g/mol. The molecule has 1 atom stereocenters. The Hall–Kier alpha value is 0.580. The standard InChI is InChI=1S/C3H8O3S2/c4-1-3(6-8)2-5-7/h3-4,7-8H,1-2H2. The van der Waals surface area contributed by atoms with E-state index >= 15 is 0 Å². The summed E-state index contributed by atoms with van der Waals surface area (Å²) in [7, 11) is 0. The van der Waals surface area contributed by atoms with Crippen LogP contribution in [0.3, 0.4) is 0 Å². The van der Waals surface area contributed by atoms with Gasteiger partial charge < -0.3 is 13.5 Å². The van der Waals surface area contributed by atoms with E-state index in [1.807, 2.05) is 0 Å². The highest BCUT2D eigenvalue weighted by atomic mass is 32.1. The van der Waals surface area contributed by atoms with Gasteiger partial charge in [-0.15, -0.1) is 0 Å². The number of aliphatic hydroxyl groups is 1. The molecular weight excluding hydrogens is 148 g/mol. The second kappa shape index (κ2) is 5.71. The second-order valence-electron chi connectivity index (χ2n) is 1.21. The van der Waals surface area contributed by atoms with Gasteiger partial charge in [0.25, 0.3) is 0 Å². The van der Waals surface area contributed by atoms with Crippen molar-refractivity contribution in [1.29, 1.82) is 0 Å². The van der Waals surface area contributed by atoms with Crippen molar-refractivity contribution < 1.29 is 13.5 Å². The topological polar surface area (TPSA) is 38.7 Å². The van der Waals surface area contributed by atoms with Gasteiger partial charge in [-0.3, -0.25) is 0 Å². The zero-order valence-electron chi connectivity index (χ0n) is 4.15. The Labute approximate surface area is 59.2 Å². The normalized spacial score (nSPS) is 13.9. The van der Waals surface area contributed by atoms with Gasteiger partial charge in [0.2, 0.25) is 0 Å². The van der Waals surface area contributed by atoms with E-state index in [0.717, 1.165) is 0 Å². The van der Waals surface area contributed by atoms with E-state index < -0.39 is 0 Å². The molecule has 1 N–H and O–H groups in total. The zero-order valence-corrected chi connectivity index (χ0v) is 5.94. The van der Waals surface area contributed by atoms with Gasteiger partial charge in [-0.2, -0.15) is 0 Å².